The van der Waals surface area contributed by atoms with Gasteiger partial charge in [-0.15, -0.1) is 13.2 Å². The number of halogens is 3. The van der Waals surface area contributed by atoms with Gasteiger partial charge in [0.15, 0.2) is 0 Å². The van der Waals surface area contributed by atoms with Crippen molar-refractivity contribution in [2.24, 2.45) is 17.8 Å². The first-order valence-corrected chi connectivity index (χ1v) is 14.7. The van der Waals surface area contributed by atoms with Gasteiger partial charge in [-0.3, -0.25) is 9.59 Å². The number of anilines is 2. The summed E-state index contributed by atoms with van der Waals surface area (Å²) in [5, 5.41) is 27.9. The van der Waals surface area contributed by atoms with Gasteiger partial charge in [-0.2, -0.15) is 0 Å². The summed E-state index contributed by atoms with van der Waals surface area (Å²) in [4.78, 5) is 33.3. The molecule has 1 aromatic heterocycles. The van der Waals surface area contributed by atoms with Crippen molar-refractivity contribution in [3.8, 4) is 17.0 Å². The second kappa shape index (κ2) is 14.9. The molecular weight excluding hydrogens is 611 g/mol. The van der Waals surface area contributed by atoms with E-state index in [-0.39, 0.29) is 48.5 Å². The topological polar surface area (TPSA) is 164 Å². The van der Waals surface area contributed by atoms with Crippen molar-refractivity contribution >= 4 is 23.3 Å². The van der Waals surface area contributed by atoms with Gasteiger partial charge in [0.25, 0.3) is 5.91 Å². The number of aliphatic hydroxyl groups excluding tert-OH is 2. The van der Waals surface area contributed by atoms with Crippen LogP contribution in [0.25, 0.3) is 11.3 Å². The van der Waals surface area contributed by atoms with E-state index in [1.807, 2.05) is 0 Å². The van der Waals surface area contributed by atoms with Crippen LogP contribution >= 0.6 is 0 Å². The number of hydrogen-bond donors (Lipinski definition) is 5. The molecule has 12 nitrogen and oxygen atoms in total. The fraction of sp³-hybridized carbons (Fsp3) is 0.419. The lowest BCUT2D eigenvalue weighted by Gasteiger charge is -2.58. The van der Waals surface area contributed by atoms with Gasteiger partial charge in [0.1, 0.15) is 17.9 Å². The monoisotopic (exact) mass is 645 g/mol. The van der Waals surface area contributed by atoms with Gasteiger partial charge in [-0.25, -0.2) is 9.97 Å². The van der Waals surface area contributed by atoms with Crippen LogP contribution < -0.4 is 20.7 Å². The van der Waals surface area contributed by atoms with Crippen LogP contribution in [0.4, 0.5) is 24.7 Å². The van der Waals surface area contributed by atoms with Crippen molar-refractivity contribution in [3.63, 3.8) is 0 Å². The molecule has 0 bridgehead atoms. The van der Waals surface area contributed by atoms with Crippen molar-refractivity contribution in [1.82, 2.24) is 20.6 Å². The number of ether oxygens (including phenoxy) is 3. The molecule has 3 aromatic rings. The zero-order chi connectivity index (χ0) is 32.7. The van der Waals surface area contributed by atoms with Gasteiger partial charge < -0.3 is 40.4 Å². The molecule has 0 aliphatic heterocycles. The maximum atomic E-state index is 12.7. The Kier molecular flexibility index (Phi) is 10.7. The average Bonchev–Trinajstić information content (AvgIpc) is 3.02. The Balaban J connectivity index is 0.969. The summed E-state index contributed by atoms with van der Waals surface area (Å²) in [5.41, 5.74) is 2.09. The Labute approximate surface area is 262 Å². The highest BCUT2D eigenvalue weighted by Gasteiger charge is 2.62. The SMILES string of the molecule is O=C(NCCOCCOCCNC(=O)C1CC2C(O)C(O)C12)c1cccc(-c2cc(Nc3ccc(OC(F)(F)F)cc3)ncn2)c1. The van der Waals surface area contributed by atoms with Crippen molar-refractivity contribution < 1.29 is 47.2 Å². The molecular formula is C31H34F3N5O7. The second-order valence-electron chi connectivity index (χ2n) is 10.9. The molecule has 2 aliphatic carbocycles. The van der Waals surface area contributed by atoms with Gasteiger partial charge in [0.05, 0.1) is 44.3 Å². The highest BCUT2D eigenvalue weighted by atomic mass is 19.4. The third-order valence-corrected chi connectivity index (χ3v) is 7.90. The predicted octanol–water partition coefficient (Wildman–Crippen LogP) is 2.65. The zero-order valence-corrected chi connectivity index (χ0v) is 24.6. The molecule has 15 heteroatoms. The van der Waals surface area contributed by atoms with Gasteiger partial charge in [0, 0.05) is 47.8 Å². The number of nitrogens with zero attached hydrogens (tertiary/aromatic N) is 2. The summed E-state index contributed by atoms with van der Waals surface area (Å²) in [5.74, 6) is -0.722. The van der Waals surface area contributed by atoms with Gasteiger partial charge in [-0.05, 0) is 48.7 Å². The minimum absolute atomic E-state index is 0.0341. The summed E-state index contributed by atoms with van der Waals surface area (Å²) in [6, 6.07) is 13.7. The summed E-state index contributed by atoms with van der Waals surface area (Å²) in [7, 11) is 0. The molecule has 46 heavy (non-hydrogen) atoms. The molecule has 5 unspecified atom stereocenters. The van der Waals surface area contributed by atoms with Crippen molar-refractivity contribution in [3.05, 3.63) is 66.5 Å². The third kappa shape index (κ3) is 8.48. The molecule has 0 radical (unpaired) electrons. The van der Waals surface area contributed by atoms with Crippen LogP contribution in [0, 0.1) is 17.8 Å². The van der Waals surface area contributed by atoms with E-state index < -0.39 is 18.6 Å². The smallest absolute Gasteiger partial charge is 0.406 e. The number of nitrogens with one attached hydrogen (secondary N) is 3. The fourth-order valence-electron chi connectivity index (χ4n) is 5.52. The van der Waals surface area contributed by atoms with E-state index in [4.69, 9.17) is 9.47 Å². The first-order valence-electron chi connectivity index (χ1n) is 14.7. The highest BCUT2D eigenvalue weighted by molar-refractivity contribution is 5.95. The number of carbonyl (C=O) groups excluding carboxylic acids is 2. The Bertz CT molecular complexity index is 1490. The minimum atomic E-state index is -4.77. The van der Waals surface area contributed by atoms with E-state index >= 15 is 0 Å². The number of carbonyl (C=O) groups is 2. The largest absolute Gasteiger partial charge is 0.573 e. The summed E-state index contributed by atoms with van der Waals surface area (Å²) in [6.07, 6.45) is -4.36. The molecule has 1 heterocycles. The number of fused-ring (bicyclic) bond motifs is 1. The third-order valence-electron chi connectivity index (χ3n) is 7.90. The lowest BCUT2D eigenvalue weighted by atomic mass is 9.49. The molecule has 2 amide bonds. The van der Waals surface area contributed by atoms with Crippen LogP contribution in [0.5, 0.6) is 5.75 Å². The number of amides is 2. The van der Waals surface area contributed by atoms with Crippen LogP contribution in [0.1, 0.15) is 16.8 Å². The number of aliphatic hydroxyl groups is 2. The lowest BCUT2D eigenvalue weighted by Crippen LogP contribution is -2.68. The van der Waals surface area contributed by atoms with Crippen LogP contribution in [0.2, 0.25) is 0 Å². The van der Waals surface area contributed by atoms with Gasteiger partial charge in [0.2, 0.25) is 5.91 Å². The summed E-state index contributed by atoms with van der Waals surface area (Å²) in [6.45, 7) is 1.83. The number of hydrogen-bond acceptors (Lipinski definition) is 10. The van der Waals surface area contributed by atoms with Crippen molar-refractivity contribution in [2.45, 2.75) is 25.0 Å². The van der Waals surface area contributed by atoms with E-state index in [2.05, 4.69) is 30.7 Å². The Hall–Kier alpha value is -4.31. The number of alkyl halides is 3. The molecule has 246 valence electrons. The second-order valence-corrected chi connectivity index (χ2v) is 10.9. The van der Waals surface area contributed by atoms with Crippen LogP contribution in [-0.4, -0.2) is 90.1 Å². The molecule has 2 fully saturated rings. The van der Waals surface area contributed by atoms with E-state index in [9.17, 15) is 33.0 Å². The Morgan fingerprint density at radius 1 is 0.891 bits per heavy atom. The average molecular weight is 646 g/mol. The summed E-state index contributed by atoms with van der Waals surface area (Å²) >= 11 is 0. The quantitative estimate of drug-likeness (QED) is 0.155. The molecule has 2 saturated carbocycles. The number of aromatic nitrogens is 2. The maximum absolute atomic E-state index is 12.7. The molecule has 0 saturated heterocycles. The molecule has 5 N–H and O–H groups in total. The Morgan fingerprint density at radius 2 is 1.61 bits per heavy atom. The molecule has 2 aliphatic rings. The van der Waals surface area contributed by atoms with Crippen molar-refractivity contribution in [1.29, 1.82) is 0 Å². The molecule has 5 rings (SSSR count). The van der Waals surface area contributed by atoms with Crippen LogP contribution in [-0.2, 0) is 14.3 Å². The van der Waals surface area contributed by atoms with Crippen molar-refractivity contribution in [2.75, 3.05) is 44.8 Å². The molecule has 2 aromatic carbocycles. The minimum Gasteiger partial charge on any atom is -0.406 e. The van der Waals surface area contributed by atoms with Gasteiger partial charge >= 0.3 is 6.36 Å². The Morgan fingerprint density at radius 3 is 2.30 bits per heavy atom. The standard InChI is InChI=1S/C31H34F3N5O7/c32-31(33,34)46-21-6-4-20(5-7-21)39-25-16-24(37-17-38-25)18-2-1-3-19(14-18)29(42)35-8-10-44-12-13-45-11-9-36-30(43)23-15-22-26(23)28(41)27(22)40/h1-7,14,16-17,22-23,26-28,40-41H,8-13,15H2,(H,35,42)(H,36,43)(H,37,38,39). The zero-order valence-electron chi connectivity index (χ0n) is 24.6. The maximum Gasteiger partial charge on any atom is 0.573 e. The van der Waals surface area contributed by atoms with E-state index in [1.165, 1.54) is 30.6 Å². The van der Waals surface area contributed by atoms with E-state index in [1.54, 1.807) is 30.3 Å². The fourth-order valence-corrected chi connectivity index (χ4v) is 5.52. The molecule has 0 spiro atoms. The predicted molar refractivity (Wildman–Crippen MR) is 158 cm³/mol. The first-order chi connectivity index (χ1) is 22.1. The summed E-state index contributed by atoms with van der Waals surface area (Å²) < 4.78 is 52.0. The molecule has 5 atom stereocenters. The first kappa shape index (κ1) is 33.1. The van der Waals surface area contributed by atoms with Crippen LogP contribution in [0.3, 0.4) is 0 Å². The van der Waals surface area contributed by atoms with E-state index in [0.717, 1.165) is 0 Å². The number of benzene rings is 2. The normalized spacial score (nSPS) is 21.7. The highest BCUT2D eigenvalue weighted by Crippen LogP contribution is 2.54. The lowest BCUT2D eigenvalue weighted by molar-refractivity contribution is -0.274. The van der Waals surface area contributed by atoms with Gasteiger partial charge in [-0.1, -0.05) is 12.1 Å². The van der Waals surface area contributed by atoms with Crippen LogP contribution in [0.15, 0.2) is 60.9 Å². The number of rotatable bonds is 15. The van der Waals surface area contributed by atoms with E-state index in [0.29, 0.717) is 61.1 Å².